The van der Waals surface area contributed by atoms with Crippen LogP contribution in [0.15, 0.2) is 71.6 Å². The zero-order chi connectivity index (χ0) is 30.3. The Kier molecular flexibility index (Phi) is 11.0. The standard InChI is InChI=1S/C32H40ClN3O4S/c1-7-29(32(38)34-19-22(2)3)35(20-26-11-9-8-10-24(26)5)31(37)21-36(30-17-14-27(33)18-25(30)6)41(39,40)28-15-12-23(4)13-16-28/h8-18,22,29H,7,19-21H2,1-6H3,(H,34,38). The lowest BCUT2D eigenvalue weighted by Crippen LogP contribution is -2.52. The summed E-state index contributed by atoms with van der Waals surface area (Å²) in [6.07, 6.45) is 0.367. The molecule has 1 unspecified atom stereocenters. The first-order valence-corrected chi connectivity index (χ1v) is 15.6. The molecule has 0 fully saturated rings. The fraction of sp³-hybridized carbons (Fsp3) is 0.375. The summed E-state index contributed by atoms with van der Waals surface area (Å²) in [5.41, 5.74) is 3.72. The first-order valence-electron chi connectivity index (χ1n) is 13.8. The molecule has 0 radical (unpaired) electrons. The van der Waals surface area contributed by atoms with E-state index >= 15 is 0 Å². The summed E-state index contributed by atoms with van der Waals surface area (Å²) >= 11 is 6.19. The highest BCUT2D eigenvalue weighted by Crippen LogP contribution is 2.30. The highest BCUT2D eigenvalue weighted by atomic mass is 35.5. The molecule has 3 aromatic carbocycles. The van der Waals surface area contributed by atoms with Crippen molar-refractivity contribution in [1.29, 1.82) is 0 Å². The molecule has 9 heteroatoms. The SMILES string of the molecule is CCC(C(=O)NCC(C)C)N(Cc1ccccc1C)C(=O)CN(c1ccc(Cl)cc1C)S(=O)(=O)c1ccc(C)cc1. The van der Waals surface area contributed by atoms with Gasteiger partial charge in [0.2, 0.25) is 11.8 Å². The van der Waals surface area contributed by atoms with E-state index in [0.29, 0.717) is 29.2 Å². The molecule has 0 aliphatic heterocycles. The minimum atomic E-state index is -4.15. The fourth-order valence-corrected chi connectivity index (χ4v) is 6.27. The third kappa shape index (κ3) is 8.11. The number of carbonyl (C=O) groups is 2. The number of aryl methyl sites for hydroxylation is 3. The van der Waals surface area contributed by atoms with E-state index in [4.69, 9.17) is 11.6 Å². The van der Waals surface area contributed by atoms with Gasteiger partial charge in [-0.05, 0) is 80.1 Å². The molecule has 0 bridgehead atoms. The molecule has 0 saturated carbocycles. The molecule has 2 amide bonds. The van der Waals surface area contributed by atoms with Gasteiger partial charge in [0.25, 0.3) is 10.0 Å². The molecule has 0 spiro atoms. The minimum Gasteiger partial charge on any atom is -0.354 e. The molecular weight excluding hydrogens is 558 g/mol. The van der Waals surface area contributed by atoms with Crippen LogP contribution in [0, 0.1) is 26.7 Å². The highest BCUT2D eigenvalue weighted by Gasteiger charge is 2.34. The van der Waals surface area contributed by atoms with Gasteiger partial charge in [0.05, 0.1) is 10.6 Å². The van der Waals surface area contributed by atoms with Gasteiger partial charge in [-0.15, -0.1) is 0 Å². The number of nitrogens with zero attached hydrogens (tertiary/aromatic N) is 2. The maximum absolute atomic E-state index is 14.2. The first-order chi connectivity index (χ1) is 19.3. The predicted octanol–water partition coefficient (Wildman–Crippen LogP) is 6.04. The number of nitrogens with one attached hydrogen (secondary N) is 1. The van der Waals surface area contributed by atoms with Crippen LogP contribution >= 0.6 is 11.6 Å². The number of sulfonamides is 1. The molecule has 0 aliphatic rings. The van der Waals surface area contributed by atoms with Crippen LogP contribution in [0.1, 0.15) is 49.4 Å². The molecular formula is C32H40ClN3O4S. The van der Waals surface area contributed by atoms with Crippen LogP contribution in [-0.4, -0.2) is 44.3 Å². The van der Waals surface area contributed by atoms with Crippen LogP contribution in [0.5, 0.6) is 0 Å². The van der Waals surface area contributed by atoms with Crippen LogP contribution in [-0.2, 0) is 26.2 Å². The Morgan fingerprint density at radius 2 is 1.59 bits per heavy atom. The lowest BCUT2D eigenvalue weighted by Gasteiger charge is -2.34. The number of benzene rings is 3. The van der Waals surface area contributed by atoms with Gasteiger partial charge < -0.3 is 10.2 Å². The number of hydrogen-bond donors (Lipinski definition) is 1. The number of carbonyl (C=O) groups excluding carboxylic acids is 2. The highest BCUT2D eigenvalue weighted by molar-refractivity contribution is 7.92. The quantitative estimate of drug-likeness (QED) is 0.276. The van der Waals surface area contributed by atoms with Gasteiger partial charge >= 0.3 is 0 Å². The Morgan fingerprint density at radius 3 is 2.17 bits per heavy atom. The molecule has 0 heterocycles. The monoisotopic (exact) mass is 597 g/mol. The van der Waals surface area contributed by atoms with Crippen molar-refractivity contribution in [2.45, 2.75) is 65.4 Å². The van der Waals surface area contributed by atoms with E-state index in [2.05, 4.69) is 5.32 Å². The third-order valence-electron chi connectivity index (χ3n) is 6.99. The van der Waals surface area contributed by atoms with Crippen LogP contribution in [0.3, 0.4) is 0 Å². The van der Waals surface area contributed by atoms with Gasteiger partial charge in [0.1, 0.15) is 12.6 Å². The zero-order valence-corrected chi connectivity index (χ0v) is 26.2. The molecule has 0 aromatic heterocycles. The predicted molar refractivity (Wildman–Crippen MR) is 166 cm³/mol. The van der Waals surface area contributed by atoms with E-state index in [-0.39, 0.29) is 23.3 Å². The van der Waals surface area contributed by atoms with E-state index in [9.17, 15) is 18.0 Å². The Bertz CT molecular complexity index is 1470. The maximum Gasteiger partial charge on any atom is 0.264 e. The fourth-order valence-electron chi connectivity index (χ4n) is 4.56. The van der Waals surface area contributed by atoms with Gasteiger partial charge in [0.15, 0.2) is 0 Å². The maximum atomic E-state index is 14.2. The lowest BCUT2D eigenvalue weighted by molar-refractivity contribution is -0.140. The number of anilines is 1. The normalized spacial score (nSPS) is 12.2. The Hall–Kier alpha value is -3.36. The summed E-state index contributed by atoms with van der Waals surface area (Å²) in [5.74, 6) is -0.511. The molecule has 1 N–H and O–H groups in total. The molecule has 0 aliphatic carbocycles. The summed E-state index contributed by atoms with van der Waals surface area (Å²) in [6, 6.07) is 18.3. The van der Waals surface area contributed by atoms with E-state index in [1.165, 1.54) is 17.0 Å². The Labute approximate surface area is 249 Å². The van der Waals surface area contributed by atoms with E-state index < -0.39 is 28.5 Å². The summed E-state index contributed by atoms with van der Waals surface area (Å²) in [5, 5.41) is 3.41. The van der Waals surface area contributed by atoms with Crippen molar-refractivity contribution in [3.63, 3.8) is 0 Å². The molecule has 41 heavy (non-hydrogen) atoms. The number of halogens is 1. The summed E-state index contributed by atoms with van der Waals surface area (Å²) in [4.78, 5) is 29.1. The molecule has 220 valence electrons. The van der Waals surface area contributed by atoms with E-state index in [1.807, 2.05) is 58.9 Å². The average molecular weight is 598 g/mol. The molecule has 3 aromatic rings. The van der Waals surface area contributed by atoms with Crippen LogP contribution in [0.25, 0.3) is 0 Å². The smallest absolute Gasteiger partial charge is 0.264 e. The summed E-state index contributed by atoms with van der Waals surface area (Å²) in [7, 11) is -4.15. The second-order valence-corrected chi connectivity index (χ2v) is 13.1. The minimum absolute atomic E-state index is 0.0671. The van der Waals surface area contributed by atoms with Crippen molar-refractivity contribution < 1.29 is 18.0 Å². The largest absolute Gasteiger partial charge is 0.354 e. The second-order valence-electron chi connectivity index (χ2n) is 10.8. The molecule has 7 nitrogen and oxygen atoms in total. The van der Waals surface area contributed by atoms with Crippen LogP contribution < -0.4 is 9.62 Å². The van der Waals surface area contributed by atoms with Crippen molar-refractivity contribution in [3.8, 4) is 0 Å². The first kappa shape index (κ1) is 32.2. The van der Waals surface area contributed by atoms with Crippen molar-refractivity contribution in [1.82, 2.24) is 10.2 Å². The van der Waals surface area contributed by atoms with Crippen molar-refractivity contribution in [2.75, 3.05) is 17.4 Å². The van der Waals surface area contributed by atoms with Crippen LogP contribution in [0.2, 0.25) is 5.02 Å². The van der Waals surface area contributed by atoms with Crippen molar-refractivity contribution in [2.24, 2.45) is 5.92 Å². The molecule has 0 saturated heterocycles. The van der Waals surface area contributed by atoms with Gasteiger partial charge in [-0.2, -0.15) is 0 Å². The van der Waals surface area contributed by atoms with E-state index in [1.54, 1.807) is 37.3 Å². The van der Waals surface area contributed by atoms with Gasteiger partial charge in [0, 0.05) is 18.1 Å². The van der Waals surface area contributed by atoms with Crippen molar-refractivity contribution in [3.05, 3.63) is 94.0 Å². The molecule has 3 rings (SSSR count). The van der Waals surface area contributed by atoms with Gasteiger partial charge in [-0.25, -0.2) is 8.42 Å². The number of amides is 2. The summed E-state index contributed by atoms with van der Waals surface area (Å²) in [6.45, 7) is 11.6. The average Bonchev–Trinajstić information content (AvgIpc) is 2.92. The van der Waals surface area contributed by atoms with Gasteiger partial charge in [-0.1, -0.05) is 74.3 Å². The van der Waals surface area contributed by atoms with Crippen LogP contribution in [0.4, 0.5) is 5.69 Å². The number of rotatable bonds is 12. The third-order valence-corrected chi connectivity index (χ3v) is 9.00. The summed E-state index contributed by atoms with van der Waals surface area (Å²) < 4.78 is 29.2. The zero-order valence-electron chi connectivity index (χ0n) is 24.6. The molecule has 1 atom stereocenters. The second kappa shape index (κ2) is 14.0. The lowest BCUT2D eigenvalue weighted by atomic mass is 10.1. The van der Waals surface area contributed by atoms with Crippen molar-refractivity contribution >= 4 is 39.1 Å². The number of hydrogen-bond acceptors (Lipinski definition) is 4. The Balaban J connectivity index is 2.09. The Morgan fingerprint density at radius 1 is 0.927 bits per heavy atom. The topological polar surface area (TPSA) is 86.8 Å². The van der Waals surface area contributed by atoms with E-state index in [0.717, 1.165) is 21.0 Å². The van der Waals surface area contributed by atoms with Gasteiger partial charge in [-0.3, -0.25) is 13.9 Å².